The largest absolute Gasteiger partial charge is 0.475 e. The second-order valence-electron chi connectivity index (χ2n) is 9.06. The number of hydrogen-bond donors (Lipinski definition) is 4. The van der Waals surface area contributed by atoms with E-state index in [0.717, 1.165) is 49.4 Å². The summed E-state index contributed by atoms with van der Waals surface area (Å²) in [6.07, 6.45) is 3.49. The molecule has 1 aromatic rings. The summed E-state index contributed by atoms with van der Waals surface area (Å²) in [4.78, 5) is 33.3. The highest BCUT2D eigenvalue weighted by molar-refractivity contribution is 8.04. The van der Waals surface area contributed by atoms with Crippen molar-refractivity contribution in [3.63, 3.8) is 0 Å². The number of thioether (sulfide) groups is 1. The summed E-state index contributed by atoms with van der Waals surface area (Å²) in [6, 6.07) is 1.77. The molecule has 32 heavy (non-hydrogen) atoms. The zero-order chi connectivity index (χ0) is 22.4. The number of pyridine rings is 1. The van der Waals surface area contributed by atoms with E-state index in [1.807, 2.05) is 31.7 Å². The highest BCUT2D eigenvalue weighted by atomic mass is 32.2. The van der Waals surface area contributed by atoms with Gasteiger partial charge < -0.3 is 26.0 Å². The molecule has 3 fully saturated rings. The van der Waals surface area contributed by atoms with Crippen molar-refractivity contribution in [2.24, 2.45) is 5.92 Å². The van der Waals surface area contributed by atoms with Crippen LogP contribution in [0.2, 0.25) is 0 Å². The second-order valence-corrected chi connectivity index (χ2v) is 10.2. The molecule has 3 unspecified atom stereocenters. The Balaban J connectivity index is 1.43. The van der Waals surface area contributed by atoms with Crippen LogP contribution >= 0.6 is 11.8 Å². The van der Waals surface area contributed by atoms with E-state index in [9.17, 15) is 9.59 Å². The summed E-state index contributed by atoms with van der Waals surface area (Å²) in [5.74, 6) is 0.495. The number of aryl methyl sites for hydroxylation is 1. The number of amides is 3. The van der Waals surface area contributed by atoms with Crippen LogP contribution in [0.15, 0.2) is 22.9 Å². The highest BCUT2D eigenvalue weighted by Crippen LogP contribution is 2.48. The first-order chi connectivity index (χ1) is 15.4. The standard InChI is InChI=1S/C22H30N6O3S/c1-11(2)31-16-8-12(3)15(10-25-16)28-14-5-7-24-21-17(14)18(27-22(28)30)19(32-21)20(29)26-13-4-6-23-9-13/h8,10-11,13-14,17,21,23-24H,4-7,9H2,1-3H3,(H,26,29)(H,27,30)/t13-,14?,17?,21?/m1/s1. The number of urea groups is 1. The minimum absolute atomic E-state index is 0.0277. The van der Waals surface area contributed by atoms with Gasteiger partial charge in [-0.3, -0.25) is 9.69 Å². The number of aromatic nitrogens is 1. The number of piperidine rings is 1. The summed E-state index contributed by atoms with van der Waals surface area (Å²) >= 11 is 1.53. The summed E-state index contributed by atoms with van der Waals surface area (Å²) in [7, 11) is 0. The summed E-state index contributed by atoms with van der Waals surface area (Å²) in [5, 5.41) is 13.0. The van der Waals surface area contributed by atoms with Gasteiger partial charge >= 0.3 is 6.03 Å². The van der Waals surface area contributed by atoms with Gasteiger partial charge in [0.2, 0.25) is 5.88 Å². The van der Waals surface area contributed by atoms with Crippen molar-refractivity contribution in [1.29, 1.82) is 0 Å². The Kier molecular flexibility index (Phi) is 5.77. The fourth-order valence-corrected chi connectivity index (χ4v) is 6.41. The predicted octanol–water partition coefficient (Wildman–Crippen LogP) is 1.45. The fourth-order valence-electron chi connectivity index (χ4n) is 5.01. The lowest BCUT2D eigenvalue weighted by molar-refractivity contribution is -0.117. The third kappa shape index (κ3) is 3.84. The molecule has 5 rings (SSSR count). The van der Waals surface area contributed by atoms with Gasteiger partial charge in [0.05, 0.1) is 34.3 Å². The number of rotatable bonds is 5. The van der Waals surface area contributed by atoms with Crippen molar-refractivity contribution in [1.82, 2.24) is 26.3 Å². The summed E-state index contributed by atoms with van der Waals surface area (Å²) in [5.41, 5.74) is 2.47. The Labute approximate surface area is 192 Å². The lowest BCUT2D eigenvalue weighted by atomic mass is 9.86. The maximum Gasteiger partial charge on any atom is 0.326 e. The average molecular weight is 459 g/mol. The Morgan fingerprint density at radius 1 is 1.34 bits per heavy atom. The molecule has 1 aromatic heterocycles. The Hall–Kier alpha value is -2.30. The lowest BCUT2D eigenvalue weighted by Gasteiger charge is -2.46. The molecule has 3 amide bonds. The molecule has 9 nitrogen and oxygen atoms in total. The molecule has 0 bridgehead atoms. The average Bonchev–Trinajstić information content (AvgIpc) is 3.37. The normalized spacial score (nSPS) is 29.2. The van der Waals surface area contributed by atoms with Crippen LogP contribution in [-0.2, 0) is 4.79 Å². The number of nitrogens with one attached hydrogen (secondary N) is 4. The van der Waals surface area contributed by atoms with Crippen LogP contribution in [0.5, 0.6) is 5.88 Å². The molecule has 0 saturated carbocycles. The Bertz CT molecular complexity index is 961. The first-order valence-corrected chi connectivity index (χ1v) is 12.2. The van der Waals surface area contributed by atoms with Gasteiger partial charge in [0.15, 0.2) is 0 Å². The van der Waals surface area contributed by atoms with Crippen molar-refractivity contribution >= 4 is 29.4 Å². The molecule has 5 heterocycles. The van der Waals surface area contributed by atoms with Gasteiger partial charge in [-0.05, 0) is 52.3 Å². The minimum atomic E-state index is -0.209. The van der Waals surface area contributed by atoms with Crippen LogP contribution in [-0.4, -0.2) is 60.1 Å². The molecule has 0 aromatic carbocycles. The van der Waals surface area contributed by atoms with E-state index >= 15 is 0 Å². The molecule has 0 spiro atoms. The van der Waals surface area contributed by atoms with E-state index < -0.39 is 0 Å². The molecular weight excluding hydrogens is 428 g/mol. The topological polar surface area (TPSA) is 108 Å². The van der Waals surface area contributed by atoms with Crippen molar-refractivity contribution in [2.45, 2.75) is 57.2 Å². The van der Waals surface area contributed by atoms with E-state index in [2.05, 4.69) is 26.3 Å². The lowest BCUT2D eigenvalue weighted by Crippen LogP contribution is -2.62. The van der Waals surface area contributed by atoms with Crippen molar-refractivity contribution in [3.05, 3.63) is 28.4 Å². The zero-order valence-electron chi connectivity index (χ0n) is 18.6. The van der Waals surface area contributed by atoms with Gasteiger partial charge in [-0.1, -0.05) is 11.8 Å². The molecule has 4 atom stereocenters. The van der Waals surface area contributed by atoms with Crippen molar-refractivity contribution < 1.29 is 14.3 Å². The van der Waals surface area contributed by atoms with E-state index in [0.29, 0.717) is 10.8 Å². The minimum Gasteiger partial charge on any atom is -0.475 e. The van der Waals surface area contributed by atoms with Crippen LogP contribution in [0.3, 0.4) is 0 Å². The molecule has 0 radical (unpaired) electrons. The third-order valence-corrected chi connectivity index (χ3v) is 7.77. The van der Waals surface area contributed by atoms with E-state index in [4.69, 9.17) is 4.74 Å². The first kappa shape index (κ1) is 21.5. The molecular formula is C22H30N6O3S. The van der Waals surface area contributed by atoms with E-state index in [-0.39, 0.29) is 41.4 Å². The molecule has 4 aliphatic heterocycles. The van der Waals surface area contributed by atoms with E-state index in [1.165, 1.54) is 11.8 Å². The number of nitrogens with zero attached hydrogens (tertiary/aromatic N) is 2. The van der Waals surface area contributed by atoms with Gasteiger partial charge in [-0.15, -0.1) is 0 Å². The number of hydrogen-bond acceptors (Lipinski definition) is 7. The molecule has 4 aliphatic rings. The number of carbonyl (C=O) groups is 2. The molecule has 3 saturated heterocycles. The maximum absolute atomic E-state index is 13.3. The molecule has 172 valence electrons. The van der Waals surface area contributed by atoms with Gasteiger partial charge in [0.1, 0.15) is 0 Å². The quantitative estimate of drug-likeness (QED) is 0.529. The van der Waals surface area contributed by atoms with Crippen LogP contribution < -0.4 is 30.9 Å². The van der Waals surface area contributed by atoms with E-state index in [1.54, 1.807) is 6.20 Å². The zero-order valence-corrected chi connectivity index (χ0v) is 19.4. The molecule has 10 heteroatoms. The molecule has 4 N–H and O–H groups in total. The van der Waals surface area contributed by atoms with Crippen molar-refractivity contribution in [3.8, 4) is 5.88 Å². The Morgan fingerprint density at radius 2 is 2.19 bits per heavy atom. The second kappa shape index (κ2) is 8.57. The van der Waals surface area contributed by atoms with Crippen LogP contribution in [0.4, 0.5) is 10.5 Å². The first-order valence-electron chi connectivity index (χ1n) is 11.3. The summed E-state index contributed by atoms with van der Waals surface area (Å²) in [6.45, 7) is 8.38. The van der Waals surface area contributed by atoms with Gasteiger partial charge in [-0.25, -0.2) is 9.78 Å². The number of anilines is 1. The van der Waals surface area contributed by atoms with Gasteiger partial charge in [0.25, 0.3) is 5.91 Å². The number of ether oxygens (including phenoxy) is 1. The van der Waals surface area contributed by atoms with Crippen LogP contribution in [0, 0.1) is 12.8 Å². The highest BCUT2D eigenvalue weighted by Gasteiger charge is 2.52. The van der Waals surface area contributed by atoms with Crippen LogP contribution in [0.1, 0.15) is 32.3 Å². The summed E-state index contributed by atoms with van der Waals surface area (Å²) < 4.78 is 5.71. The molecule has 0 aliphatic carbocycles. The van der Waals surface area contributed by atoms with Gasteiger partial charge in [0, 0.05) is 30.3 Å². The fraction of sp³-hybridized carbons (Fsp3) is 0.591. The SMILES string of the molecule is Cc1cc(OC(C)C)ncc1N1C(=O)NC2=C(C(=O)N[C@@H]3CCNC3)SC3NCCC1C23. The maximum atomic E-state index is 13.3. The van der Waals surface area contributed by atoms with Crippen molar-refractivity contribution in [2.75, 3.05) is 24.5 Å². The number of carbonyl (C=O) groups excluding carboxylic acids is 2. The third-order valence-electron chi connectivity index (χ3n) is 6.42. The predicted molar refractivity (Wildman–Crippen MR) is 123 cm³/mol. The van der Waals surface area contributed by atoms with Crippen LogP contribution in [0.25, 0.3) is 0 Å². The monoisotopic (exact) mass is 458 g/mol. The smallest absolute Gasteiger partial charge is 0.326 e. The van der Waals surface area contributed by atoms with Gasteiger partial charge in [-0.2, -0.15) is 0 Å². The Morgan fingerprint density at radius 3 is 2.91 bits per heavy atom.